The molecule has 1 aromatic carbocycles. The highest BCUT2D eigenvalue weighted by Crippen LogP contribution is 2.26. The van der Waals surface area contributed by atoms with Crippen molar-refractivity contribution in [1.29, 1.82) is 0 Å². The van der Waals surface area contributed by atoms with Gasteiger partial charge in [0.2, 0.25) is 0 Å². The van der Waals surface area contributed by atoms with Gasteiger partial charge in [0.05, 0.1) is 17.5 Å². The molecule has 6 heteroatoms. The number of carbonyl (C=O) groups excluding carboxylic acids is 2. The van der Waals surface area contributed by atoms with E-state index in [4.69, 9.17) is 10.2 Å². The zero-order chi connectivity index (χ0) is 12.7. The van der Waals surface area contributed by atoms with Crippen LogP contribution >= 0.6 is 0 Å². The van der Waals surface area contributed by atoms with Crippen LogP contribution in [0.4, 0.5) is 0 Å². The normalized spacial score (nSPS) is 13.6. The minimum Gasteiger partial charge on any atom is -0.478 e. The van der Waals surface area contributed by atoms with Gasteiger partial charge >= 0.3 is 11.9 Å². The summed E-state index contributed by atoms with van der Waals surface area (Å²) < 4.78 is 0. The van der Waals surface area contributed by atoms with Crippen LogP contribution in [-0.4, -0.2) is 33.7 Å². The highest BCUT2D eigenvalue weighted by molar-refractivity contribution is 6.25. The lowest BCUT2D eigenvalue weighted by Crippen LogP contribution is -2.10. The number of hydrogen-bond donors (Lipinski definition) is 2. The second kappa shape index (κ2) is 3.51. The van der Waals surface area contributed by atoms with E-state index in [9.17, 15) is 19.2 Å². The van der Waals surface area contributed by atoms with Crippen LogP contribution in [-0.2, 0) is 0 Å². The highest BCUT2D eigenvalue weighted by Gasteiger charge is 2.31. The molecular formula is C11H6O6. The van der Waals surface area contributed by atoms with Crippen molar-refractivity contribution in [3.63, 3.8) is 0 Å². The van der Waals surface area contributed by atoms with Crippen LogP contribution in [0.15, 0.2) is 12.1 Å². The first-order chi connectivity index (χ1) is 7.91. The van der Waals surface area contributed by atoms with Gasteiger partial charge in [-0.25, -0.2) is 9.59 Å². The molecule has 0 bridgehead atoms. The molecule has 0 saturated carbocycles. The molecule has 1 aliphatic carbocycles. The van der Waals surface area contributed by atoms with Crippen LogP contribution < -0.4 is 0 Å². The third kappa shape index (κ3) is 1.59. The number of hydrogen-bond acceptors (Lipinski definition) is 4. The Hall–Kier alpha value is -2.50. The lowest BCUT2D eigenvalue weighted by atomic mass is 9.99. The lowest BCUT2D eigenvalue weighted by molar-refractivity contribution is 0.0651. The van der Waals surface area contributed by atoms with E-state index in [0.29, 0.717) is 0 Å². The molecule has 86 valence electrons. The number of ketones is 2. The number of rotatable bonds is 2. The third-order valence-corrected chi connectivity index (χ3v) is 2.54. The summed E-state index contributed by atoms with van der Waals surface area (Å²) in [5.41, 5.74) is -1.01. The standard InChI is InChI=1S/C11H6O6/c12-8-3-9(13)5-2-7(11(16)17)6(10(14)15)1-4(5)8/h1-2H,3H2,(H,14,15)(H,16,17). The van der Waals surface area contributed by atoms with Crippen molar-refractivity contribution in [2.75, 3.05) is 0 Å². The van der Waals surface area contributed by atoms with Crippen LogP contribution in [0, 0.1) is 0 Å². The first-order valence-electron chi connectivity index (χ1n) is 4.63. The van der Waals surface area contributed by atoms with Gasteiger partial charge in [0, 0.05) is 11.1 Å². The Morgan fingerprint density at radius 2 is 1.24 bits per heavy atom. The summed E-state index contributed by atoms with van der Waals surface area (Å²) in [6.45, 7) is 0. The van der Waals surface area contributed by atoms with Gasteiger partial charge in [-0.1, -0.05) is 0 Å². The quantitative estimate of drug-likeness (QED) is 0.734. The smallest absolute Gasteiger partial charge is 0.336 e. The molecule has 0 radical (unpaired) electrons. The third-order valence-electron chi connectivity index (χ3n) is 2.54. The summed E-state index contributed by atoms with van der Waals surface area (Å²) in [7, 11) is 0. The fraction of sp³-hybridized carbons (Fsp3) is 0.0909. The Labute approximate surface area is 94.5 Å². The second-order valence-electron chi connectivity index (χ2n) is 3.58. The van der Waals surface area contributed by atoms with Crippen molar-refractivity contribution in [3.8, 4) is 0 Å². The Kier molecular flexibility index (Phi) is 2.27. The molecule has 0 unspecified atom stereocenters. The van der Waals surface area contributed by atoms with Crippen LogP contribution in [0.25, 0.3) is 0 Å². The van der Waals surface area contributed by atoms with E-state index >= 15 is 0 Å². The number of Topliss-reactive ketones (excluding diaryl/α,β-unsaturated/α-hetero) is 2. The number of aromatic carboxylic acids is 2. The molecule has 1 aromatic rings. The Balaban J connectivity index is 2.76. The molecule has 0 amide bonds. The van der Waals surface area contributed by atoms with Gasteiger partial charge in [0.15, 0.2) is 11.6 Å². The number of carboxylic acid groups (broad SMARTS) is 2. The zero-order valence-corrected chi connectivity index (χ0v) is 8.39. The van der Waals surface area contributed by atoms with Gasteiger partial charge in [0.1, 0.15) is 0 Å². The number of fused-ring (bicyclic) bond motifs is 1. The average Bonchev–Trinajstić information content (AvgIpc) is 2.52. The van der Waals surface area contributed by atoms with Crippen molar-refractivity contribution < 1.29 is 29.4 Å². The molecule has 0 fully saturated rings. The topological polar surface area (TPSA) is 109 Å². The molecule has 0 heterocycles. The first-order valence-corrected chi connectivity index (χ1v) is 4.63. The molecule has 0 aromatic heterocycles. The summed E-state index contributed by atoms with van der Waals surface area (Å²) >= 11 is 0. The Morgan fingerprint density at radius 3 is 1.53 bits per heavy atom. The molecule has 2 rings (SSSR count). The summed E-state index contributed by atoms with van der Waals surface area (Å²) in [6.07, 6.45) is -0.336. The molecule has 0 spiro atoms. The first kappa shape index (κ1) is 11.0. The van der Waals surface area contributed by atoms with Crippen molar-refractivity contribution in [2.24, 2.45) is 0 Å². The van der Waals surface area contributed by atoms with E-state index in [1.807, 2.05) is 0 Å². The molecule has 17 heavy (non-hydrogen) atoms. The molecule has 1 aliphatic rings. The summed E-state index contributed by atoms with van der Waals surface area (Å²) in [5, 5.41) is 17.7. The molecular weight excluding hydrogens is 228 g/mol. The second-order valence-corrected chi connectivity index (χ2v) is 3.58. The number of carbonyl (C=O) groups is 4. The maximum Gasteiger partial charge on any atom is 0.336 e. The Bertz CT molecular complexity index is 533. The van der Waals surface area contributed by atoms with Gasteiger partial charge < -0.3 is 10.2 Å². The summed E-state index contributed by atoms with van der Waals surface area (Å²) in [6, 6.07) is 1.91. The predicted molar refractivity (Wildman–Crippen MR) is 53.6 cm³/mol. The number of benzene rings is 1. The molecule has 0 atom stereocenters. The molecule has 0 aliphatic heterocycles. The zero-order valence-electron chi connectivity index (χ0n) is 8.39. The van der Waals surface area contributed by atoms with Gasteiger partial charge in [0.25, 0.3) is 0 Å². The van der Waals surface area contributed by atoms with Gasteiger partial charge in [-0.2, -0.15) is 0 Å². The summed E-state index contributed by atoms with van der Waals surface area (Å²) in [4.78, 5) is 44.5. The van der Waals surface area contributed by atoms with E-state index in [2.05, 4.69) is 0 Å². The van der Waals surface area contributed by atoms with Crippen LogP contribution in [0.2, 0.25) is 0 Å². The van der Waals surface area contributed by atoms with Crippen molar-refractivity contribution in [3.05, 3.63) is 34.4 Å². The van der Waals surface area contributed by atoms with E-state index in [-0.39, 0.29) is 17.5 Å². The fourth-order valence-corrected chi connectivity index (χ4v) is 1.75. The highest BCUT2D eigenvalue weighted by atomic mass is 16.4. The largest absolute Gasteiger partial charge is 0.478 e. The minimum atomic E-state index is -1.45. The van der Waals surface area contributed by atoms with Crippen LogP contribution in [0.1, 0.15) is 47.9 Å². The maximum absolute atomic E-state index is 11.4. The van der Waals surface area contributed by atoms with Gasteiger partial charge in [-0.15, -0.1) is 0 Å². The maximum atomic E-state index is 11.4. The molecule has 6 nitrogen and oxygen atoms in total. The van der Waals surface area contributed by atoms with E-state index in [1.54, 1.807) is 0 Å². The minimum absolute atomic E-state index is 0.0163. The monoisotopic (exact) mass is 234 g/mol. The van der Waals surface area contributed by atoms with Crippen molar-refractivity contribution in [2.45, 2.75) is 6.42 Å². The summed E-state index contributed by atoms with van der Waals surface area (Å²) in [5.74, 6) is -3.86. The van der Waals surface area contributed by atoms with E-state index < -0.39 is 34.6 Å². The average molecular weight is 234 g/mol. The van der Waals surface area contributed by atoms with Gasteiger partial charge in [-0.05, 0) is 12.1 Å². The lowest BCUT2D eigenvalue weighted by Gasteiger charge is -2.04. The number of carboxylic acids is 2. The molecule has 2 N–H and O–H groups in total. The Morgan fingerprint density at radius 1 is 0.882 bits per heavy atom. The van der Waals surface area contributed by atoms with Crippen molar-refractivity contribution in [1.82, 2.24) is 0 Å². The van der Waals surface area contributed by atoms with E-state index in [0.717, 1.165) is 12.1 Å². The van der Waals surface area contributed by atoms with E-state index in [1.165, 1.54) is 0 Å². The SMILES string of the molecule is O=C(O)c1cc2c(cc1C(=O)O)C(=O)CC2=O. The van der Waals surface area contributed by atoms with Crippen LogP contribution in [0.5, 0.6) is 0 Å². The fourth-order valence-electron chi connectivity index (χ4n) is 1.75. The predicted octanol–water partition coefficient (Wildman–Crippen LogP) is 0.852. The van der Waals surface area contributed by atoms with Gasteiger partial charge in [-0.3, -0.25) is 9.59 Å². The molecule has 0 saturated heterocycles. The van der Waals surface area contributed by atoms with Crippen LogP contribution in [0.3, 0.4) is 0 Å². The van der Waals surface area contributed by atoms with Crippen molar-refractivity contribution >= 4 is 23.5 Å².